The highest BCUT2D eigenvalue weighted by molar-refractivity contribution is 5.92. The number of aliphatic carboxylic acids is 1. The van der Waals surface area contributed by atoms with Crippen molar-refractivity contribution in [2.75, 3.05) is 40.3 Å². The zero-order valence-electron chi connectivity index (χ0n) is 22.5. The van der Waals surface area contributed by atoms with Crippen LogP contribution >= 0.6 is 0 Å². The molecule has 5 N–H and O–H groups in total. The van der Waals surface area contributed by atoms with Crippen LogP contribution < -0.4 is 14.9 Å². The van der Waals surface area contributed by atoms with Crippen LogP contribution in [0.5, 0.6) is 17.2 Å². The molecule has 2 aliphatic rings. The predicted octanol–water partition coefficient (Wildman–Crippen LogP) is 0.193. The number of rotatable bonds is 7. The van der Waals surface area contributed by atoms with Crippen LogP contribution in [0.3, 0.4) is 0 Å². The third-order valence-electron chi connectivity index (χ3n) is 7.44. The SMILES string of the molecule is COc1c(OC2OC(C(=O)O)C(O)C(O)C2O)c(CN2CCN(C)CC2)c2oc(-c3ccccc3)cc(=O)c2c1O. The number of aliphatic hydroxyl groups is 3. The van der Waals surface area contributed by atoms with Crippen molar-refractivity contribution in [1.29, 1.82) is 0 Å². The molecule has 1 aromatic heterocycles. The van der Waals surface area contributed by atoms with E-state index < -0.39 is 47.9 Å². The first-order valence-corrected chi connectivity index (χ1v) is 13.1. The van der Waals surface area contributed by atoms with Crippen LogP contribution in [-0.4, -0.2) is 112 Å². The van der Waals surface area contributed by atoms with Gasteiger partial charge in [-0.25, -0.2) is 4.79 Å². The number of hydrogen-bond donors (Lipinski definition) is 5. The zero-order chi connectivity index (χ0) is 29.4. The molecule has 13 nitrogen and oxygen atoms in total. The minimum Gasteiger partial charge on any atom is -0.504 e. The second kappa shape index (κ2) is 11.6. The first-order valence-electron chi connectivity index (χ1n) is 13.1. The number of likely N-dealkylation sites (N-methyl/N-ethyl adjacent to an activating group) is 1. The average Bonchev–Trinajstić information content (AvgIpc) is 2.96. The first kappa shape index (κ1) is 28.8. The molecule has 5 atom stereocenters. The molecule has 5 rings (SSSR count). The van der Waals surface area contributed by atoms with Gasteiger partial charge in [-0.15, -0.1) is 0 Å². The topological polar surface area (TPSA) is 183 Å². The number of nitrogens with zero attached hydrogens (tertiary/aromatic N) is 2. The molecule has 41 heavy (non-hydrogen) atoms. The van der Waals surface area contributed by atoms with E-state index in [-0.39, 0.29) is 40.3 Å². The van der Waals surface area contributed by atoms with Crippen LogP contribution in [0.25, 0.3) is 22.3 Å². The fraction of sp³-hybridized carbons (Fsp3) is 0.429. The van der Waals surface area contributed by atoms with E-state index in [1.54, 1.807) is 24.3 Å². The van der Waals surface area contributed by atoms with E-state index >= 15 is 0 Å². The van der Waals surface area contributed by atoms with Gasteiger partial charge >= 0.3 is 5.97 Å². The van der Waals surface area contributed by atoms with Crippen LogP contribution in [0.1, 0.15) is 5.56 Å². The molecule has 0 saturated carbocycles. The molecule has 0 bridgehead atoms. The fourth-order valence-corrected chi connectivity index (χ4v) is 5.09. The van der Waals surface area contributed by atoms with Crippen molar-refractivity contribution in [2.24, 2.45) is 0 Å². The van der Waals surface area contributed by atoms with Crippen molar-refractivity contribution < 1.29 is 49.0 Å². The summed E-state index contributed by atoms with van der Waals surface area (Å²) in [4.78, 5) is 29.3. The second-order valence-corrected chi connectivity index (χ2v) is 10.2. The van der Waals surface area contributed by atoms with E-state index in [2.05, 4.69) is 9.80 Å². The summed E-state index contributed by atoms with van der Waals surface area (Å²) in [5.74, 6) is -2.39. The fourth-order valence-electron chi connectivity index (χ4n) is 5.09. The number of piperazine rings is 1. The van der Waals surface area contributed by atoms with Gasteiger partial charge in [0.25, 0.3) is 0 Å². The Bertz CT molecular complexity index is 1470. The molecule has 2 fully saturated rings. The third-order valence-corrected chi connectivity index (χ3v) is 7.44. The largest absolute Gasteiger partial charge is 0.504 e. The molecular weight excluding hydrogens is 540 g/mol. The Morgan fingerprint density at radius 3 is 2.34 bits per heavy atom. The summed E-state index contributed by atoms with van der Waals surface area (Å²) in [6, 6.07) is 10.2. The summed E-state index contributed by atoms with van der Waals surface area (Å²) in [6.45, 7) is 2.98. The van der Waals surface area contributed by atoms with E-state index in [0.29, 0.717) is 18.7 Å². The maximum Gasteiger partial charge on any atom is 0.335 e. The maximum atomic E-state index is 13.4. The third kappa shape index (κ3) is 5.47. The van der Waals surface area contributed by atoms with E-state index in [9.17, 15) is 35.1 Å². The Labute approximate surface area is 234 Å². The number of fused-ring (bicyclic) bond motifs is 1. The van der Waals surface area contributed by atoms with Crippen LogP contribution in [-0.2, 0) is 16.1 Å². The van der Waals surface area contributed by atoms with Gasteiger partial charge in [0.15, 0.2) is 28.6 Å². The van der Waals surface area contributed by atoms with Gasteiger partial charge in [-0.3, -0.25) is 9.69 Å². The molecule has 5 unspecified atom stereocenters. The summed E-state index contributed by atoms with van der Waals surface area (Å²) in [6.07, 6.45) is -9.43. The molecule has 2 saturated heterocycles. The minimum atomic E-state index is -1.93. The van der Waals surface area contributed by atoms with Gasteiger partial charge in [-0.2, -0.15) is 0 Å². The molecule has 0 spiro atoms. The van der Waals surface area contributed by atoms with Crippen LogP contribution in [0.15, 0.2) is 45.6 Å². The number of methoxy groups -OCH3 is 1. The van der Waals surface area contributed by atoms with Gasteiger partial charge in [0.1, 0.15) is 29.5 Å². The van der Waals surface area contributed by atoms with Crippen LogP contribution in [0.4, 0.5) is 0 Å². The lowest BCUT2D eigenvalue weighted by atomic mass is 9.99. The Balaban J connectivity index is 1.70. The Kier molecular flexibility index (Phi) is 8.18. The van der Waals surface area contributed by atoms with Gasteiger partial charge in [0, 0.05) is 44.4 Å². The Morgan fingerprint density at radius 2 is 1.71 bits per heavy atom. The average molecular weight is 573 g/mol. The number of carboxylic acid groups (broad SMARTS) is 1. The lowest BCUT2D eigenvalue weighted by Crippen LogP contribution is -2.61. The van der Waals surface area contributed by atoms with Crippen molar-refractivity contribution >= 4 is 16.9 Å². The Hall–Kier alpha value is -3.72. The molecule has 2 aromatic carbocycles. The lowest BCUT2D eigenvalue weighted by Gasteiger charge is -2.39. The van der Waals surface area contributed by atoms with Crippen molar-refractivity contribution in [3.63, 3.8) is 0 Å². The van der Waals surface area contributed by atoms with E-state index in [0.717, 1.165) is 13.1 Å². The first-order chi connectivity index (χ1) is 19.6. The number of aromatic hydroxyl groups is 1. The molecule has 220 valence electrons. The van der Waals surface area contributed by atoms with Crippen molar-refractivity contribution in [2.45, 2.75) is 37.3 Å². The van der Waals surface area contributed by atoms with Gasteiger partial charge in [0.2, 0.25) is 12.0 Å². The predicted molar refractivity (Wildman–Crippen MR) is 144 cm³/mol. The van der Waals surface area contributed by atoms with Crippen LogP contribution in [0.2, 0.25) is 0 Å². The quantitative estimate of drug-likeness (QED) is 0.259. The van der Waals surface area contributed by atoms with Crippen molar-refractivity contribution in [3.05, 3.63) is 52.2 Å². The van der Waals surface area contributed by atoms with Crippen molar-refractivity contribution in [1.82, 2.24) is 9.80 Å². The highest BCUT2D eigenvalue weighted by Gasteiger charge is 2.48. The number of hydrogen-bond acceptors (Lipinski definition) is 12. The van der Waals surface area contributed by atoms with Crippen molar-refractivity contribution in [3.8, 4) is 28.6 Å². The van der Waals surface area contributed by atoms with Gasteiger partial charge in [-0.1, -0.05) is 30.3 Å². The molecular formula is C28H32N2O11. The van der Waals surface area contributed by atoms with Gasteiger partial charge in [-0.05, 0) is 7.05 Å². The lowest BCUT2D eigenvalue weighted by molar-refractivity contribution is -0.271. The zero-order valence-corrected chi connectivity index (χ0v) is 22.5. The van der Waals surface area contributed by atoms with E-state index in [1.165, 1.54) is 13.2 Å². The molecule has 2 aliphatic heterocycles. The number of ether oxygens (including phenoxy) is 3. The summed E-state index contributed by atoms with van der Waals surface area (Å²) in [7, 11) is 3.24. The highest BCUT2D eigenvalue weighted by atomic mass is 16.7. The standard InChI is InChI=1S/C28H32N2O11/c1-29-8-10-30(11-9-29)13-15-23-18(16(31)12-17(39-23)14-6-4-3-5-7-14)19(32)25(38-2)24(15)40-28-22(35)20(33)21(34)26(41-28)27(36)37/h3-7,12,20-22,26,28,32-35H,8-11,13H2,1-2H3,(H,36,37). The number of benzene rings is 2. The minimum absolute atomic E-state index is 0.00393. The summed E-state index contributed by atoms with van der Waals surface area (Å²) in [5, 5.41) is 51.6. The number of carboxylic acids is 1. The molecule has 0 aliphatic carbocycles. The number of aliphatic hydroxyl groups excluding tert-OH is 3. The number of phenolic OH excluding ortho intramolecular Hbond substituents is 1. The Morgan fingerprint density at radius 1 is 1.02 bits per heavy atom. The molecule has 3 heterocycles. The van der Waals surface area contributed by atoms with E-state index in [4.69, 9.17) is 18.6 Å². The van der Waals surface area contributed by atoms with Crippen LogP contribution in [0, 0.1) is 0 Å². The molecule has 0 radical (unpaired) electrons. The number of carbonyl (C=O) groups is 1. The number of phenols is 1. The molecule has 3 aromatic rings. The molecule has 0 amide bonds. The summed E-state index contributed by atoms with van der Waals surface area (Å²) in [5.41, 5.74) is 0.356. The smallest absolute Gasteiger partial charge is 0.335 e. The summed E-state index contributed by atoms with van der Waals surface area (Å²) >= 11 is 0. The second-order valence-electron chi connectivity index (χ2n) is 10.2. The highest BCUT2D eigenvalue weighted by Crippen LogP contribution is 2.47. The monoisotopic (exact) mass is 572 g/mol. The van der Waals surface area contributed by atoms with Gasteiger partial charge in [0.05, 0.1) is 12.7 Å². The summed E-state index contributed by atoms with van der Waals surface area (Å²) < 4.78 is 23.0. The van der Waals surface area contributed by atoms with Gasteiger partial charge < -0.3 is 49.1 Å². The maximum absolute atomic E-state index is 13.4. The normalized spacial score (nSPS) is 25.7. The molecule has 13 heteroatoms. The van der Waals surface area contributed by atoms with E-state index in [1.807, 2.05) is 13.1 Å².